The van der Waals surface area contributed by atoms with Gasteiger partial charge in [-0.1, -0.05) is 12.1 Å². The monoisotopic (exact) mass is 278 g/mol. The summed E-state index contributed by atoms with van der Waals surface area (Å²) in [5.41, 5.74) is 0.813. The molecule has 19 heavy (non-hydrogen) atoms. The fourth-order valence-corrected chi connectivity index (χ4v) is 2.11. The highest BCUT2D eigenvalue weighted by Crippen LogP contribution is 2.19. The Labute approximate surface area is 109 Å². The lowest BCUT2D eigenvalue weighted by Gasteiger charge is -2.03. The SMILES string of the molecule is CS(=O)(=O)c1ccc(-c2cncc(C(=O)O)n2)cc1. The first-order valence-corrected chi connectivity index (χ1v) is 7.13. The fraction of sp³-hybridized carbons (Fsp3) is 0.0833. The van der Waals surface area contributed by atoms with Crippen LogP contribution in [0.25, 0.3) is 11.3 Å². The molecule has 98 valence electrons. The maximum absolute atomic E-state index is 11.3. The summed E-state index contributed by atoms with van der Waals surface area (Å²) in [5, 5.41) is 8.83. The lowest BCUT2D eigenvalue weighted by atomic mass is 10.1. The van der Waals surface area contributed by atoms with Crippen LogP contribution < -0.4 is 0 Å². The third-order valence-corrected chi connectivity index (χ3v) is 3.56. The maximum atomic E-state index is 11.3. The van der Waals surface area contributed by atoms with Crippen LogP contribution in [0.1, 0.15) is 10.5 Å². The Morgan fingerprint density at radius 2 is 1.79 bits per heavy atom. The van der Waals surface area contributed by atoms with Crippen molar-refractivity contribution in [2.45, 2.75) is 4.90 Å². The highest BCUT2D eigenvalue weighted by molar-refractivity contribution is 7.90. The van der Waals surface area contributed by atoms with Gasteiger partial charge in [0.25, 0.3) is 0 Å². The Kier molecular flexibility index (Phi) is 3.30. The van der Waals surface area contributed by atoms with Gasteiger partial charge in [-0.05, 0) is 12.1 Å². The Bertz CT molecular complexity index is 724. The van der Waals surface area contributed by atoms with Crippen molar-refractivity contribution in [1.29, 1.82) is 0 Å². The standard InChI is InChI=1S/C12H10N2O4S/c1-19(17,18)9-4-2-8(3-5-9)10-6-13-7-11(14-10)12(15)16/h2-7H,1H3,(H,15,16). The van der Waals surface area contributed by atoms with Crippen molar-refractivity contribution in [3.63, 3.8) is 0 Å². The first-order valence-electron chi connectivity index (χ1n) is 5.24. The van der Waals surface area contributed by atoms with Crippen molar-refractivity contribution in [1.82, 2.24) is 9.97 Å². The Hall–Kier alpha value is -2.28. The van der Waals surface area contributed by atoms with Crippen LogP contribution >= 0.6 is 0 Å². The van der Waals surface area contributed by atoms with Crippen LogP contribution in [-0.2, 0) is 9.84 Å². The zero-order valence-corrected chi connectivity index (χ0v) is 10.8. The highest BCUT2D eigenvalue weighted by Gasteiger charge is 2.10. The molecule has 2 aromatic rings. The van der Waals surface area contributed by atoms with Crippen molar-refractivity contribution in [3.8, 4) is 11.3 Å². The molecule has 0 spiro atoms. The van der Waals surface area contributed by atoms with Gasteiger partial charge in [0.1, 0.15) is 0 Å². The maximum Gasteiger partial charge on any atom is 0.356 e. The summed E-state index contributed by atoms with van der Waals surface area (Å²) in [7, 11) is -3.25. The van der Waals surface area contributed by atoms with Gasteiger partial charge in [0, 0.05) is 11.8 Å². The van der Waals surface area contributed by atoms with Gasteiger partial charge in [0.2, 0.25) is 0 Å². The molecule has 0 amide bonds. The van der Waals surface area contributed by atoms with E-state index < -0.39 is 15.8 Å². The normalized spacial score (nSPS) is 11.2. The summed E-state index contributed by atoms with van der Waals surface area (Å²) in [6.45, 7) is 0. The van der Waals surface area contributed by atoms with Gasteiger partial charge in [-0.25, -0.2) is 18.2 Å². The molecule has 0 fully saturated rings. The number of nitrogens with zero attached hydrogens (tertiary/aromatic N) is 2. The van der Waals surface area contributed by atoms with Crippen molar-refractivity contribution >= 4 is 15.8 Å². The van der Waals surface area contributed by atoms with Crippen LogP contribution in [0, 0.1) is 0 Å². The molecule has 2 rings (SSSR count). The van der Waals surface area contributed by atoms with E-state index in [1.807, 2.05) is 0 Å². The molecule has 0 aliphatic rings. The van der Waals surface area contributed by atoms with E-state index in [9.17, 15) is 13.2 Å². The number of benzene rings is 1. The average molecular weight is 278 g/mol. The van der Waals surface area contributed by atoms with Gasteiger partial charge in [-0.15, -0.1) is 0 Å². The van der Waals surface area contributed by atoms with Gasteiger partial charge in [-0.3, -0.25) is 4.98 Å². The number of rotatable bonds is 3. The summed E-state index contributed by atoms with van der Waals surface area (Å²) in [6.07, 6.45) is 3.69. The number of carbonyl (C=O) groups is 1. The van der Waals surface area contributed by atoms with Crippen LogP contribution in [0.3, 0.4) is 0 Å². The van der Waals surface area contributed by atoms with E-state index in [1.165, 1.54) is 18.3 Å². The van der Waals surface area contributed by atoms with Crippen molar-refractivity contribution < 1.29 is 18.3 Å². The first-order chi connectivity index (χ1) is 8.88. The van der Waals surface area contributed by atoms with Gasteiger partial charge in [0.05, 0.1) is 23.0 Å². The predicted octanol–water partition coefficient (Wildman–Crippen LogP) is 1.25. The van der Waals surface area contributed by atoms with E-state index in [0.717, 1.165) is 12.5 Å². The van der Waals surface area contributed by atoms with Gasteiger partial charge < -0.3 is 5.11 Å². The third-order valence-electron chi connectivity index (χ3n) is 2.43. The Morgan fingerprint density at radius 3 is 2.32 bits per heavy atom. The lowest BCUT2D eigenvalue weighted by Crippen LogP contribution is -2.02. The van der Waals surface area contributed by atoms with Crippen LogP contribution in [0.15, 0.2) is 41.6 Å². The molecule has 0 aliphatic heterocycles. The highest BCUT2D eigenvalue weighted by atomic mass is 32.2. The minimum Gasteiger partial charge on any atom is -0.476 e. The van der Waals surface area contributed by atoms with E-state index in [4.69, 9.17) is 5.11 Å². The number of hydrogen-bond donors (Lipinski definition) is 1. The van der Waals surface area contributed by atoms with E-state index in [-0.39, 0.29) is 10.6 Å². The smallest absolute Gasteiger partial charge is 0.356 e. The number of hydrogen-bond acceptors (Lipinski definition) is 5. The second-order valence-corrected chi connectivity index (χ2v) is 5.91. The molecule has 0 radical (unpaired) electrons. The van der Waals surface area contributed by atoms with E-state index in [1.54, 1.807) is 12.1 Å². The molecular formula is C12H10N2O4S. The molecule has 6 nitrogen and oxygen atoms in total. The van der Waals surface area contributed by atoms with Crippen LogP contribution in [0.4, 0.5) is 0 Å². The molecule has 0 atom stereocenters. The van der Waals surface area contributed by atoms with Crippen molar-refractivity contribution in [3.05, 3.63) is 42.4 Å². The second-order valence-electron chi connectivity index (χ2n) is 3.89. The molecule has 1 N–H and O–H groups in total. The molecule has 1 aromatic carbocycles. The number of aromatic carboxylic acids is 1. The van der Waals surface area contributed by atoms with E-state index >= 15 is 0 Å². The number of sulfone groups is 1. The largest absolute Gasteiger partial charge is 0.476 e. The number of carboxylic acids is 1. The second kappa shape index (κ2) is 4.77. The predicted molar refractivity (Wildman–Crippen MR) is 67.5 cm³/mol. The lowest BCUT2D eigenvalue weighted by molar-refractivity contribution is 0.0690. The van der Waals surface area contributed by atoms with Crippen LogP contribution in [0.2, 0.25) is 0 Å². The van der Waals surface area contributed by atoms with E-state index in [0.29, 0.717) is 11.3 Å². The minimum atomic E-state index is -3.25. The first kappa shape index (κ1) is 13.2. The number of aromatic nitrogens is 2. The summed E-state index contributed by atoms with van der Waals surface area (Å²) in [5.74, 6) is -1.16. The summed E-state index contributed by atoms with van der Waals surface area (Å²) in [4.78, 5) is 18.7. The van der Waals surface area contributed by atoms with Gasteiger partial charge >= 0.3 is 5.97 Å². The fourth-order valence-electron chi connectivity index (χ4n) is 1.48. The van der Waals surface area contributed by atoms with Crippen molar-refractivity contribution in [2.75, 3.05) is 6.26 Å². The van der Waals surface area contributed by atoms with Gasteiger partial charge in [-0.2, -0.15) is 0 Å². The molecule has 1 aromatic heterocycles. The molecule has 0 unspecified atom stereocenters. The quantitative estimate of drug-likeness (QED) is 0.907. The minimum absolute atomic E-state index is 0.162. The Balaban J connectivity index is 2.43. The van der Waals surface area contributed by atoms with Gasteiger partial charge in [0.15, 0.2) is 15.5 Å². The third kappa shape index (κ3) is 2.94. The van der Waals surface area contributed by atoms with Crippen LogP contribution in [-0.4, -0.2) is 35.7 Å². The summed E-state index contributed by atoms with van der Waals surface area (Å²) >= 11 is 0. The molecule has 0 bridgehead atoms. The average Bonchev–Trinajstić information content (AvgIpc) is 2.38. The number of carboxylic acid groups (broad SMARTS) is 1. The molecular weight excluding hydrogens is 268 g/mol. The zero-order chi connectivity index (χ0) is 14.0. The zero-order valence-electron chi connectivity index (χ0n) is 9.94. The summed E-state index contributed by atoms with van der Waals surface area (Å²) in [6, 6.07) is 6.01. The topological polar surface area (TPSA) is 97.2 Å². The molecule has 7 heteroatoms. The van der Waals surface area contributed by atoms with E-state index in [2.05, 4.69) is 9.97 Å². The molecule has 1 heterocycles. The Morgan fingerprint density at radius 1 is 1.16 bits per heavy atom. The molecule has 0 saturated carbocycles. The van der Waals surface area contributed by atoms with Crippen molar-refractivity contribution in [2.24, 2.45) is 0 Å². The molecule has 0 saturated heterocycles. The van der Waals surface area contributed by atoms with Crippen LogP contribution in [0.5, 0.6) is 0 Å². The molecule has 0 aliphatic carbocycles. The summed E-state index contributed by atoms with van der Waals surface area (Å²) < 4.78 is 22.6.